The molecule has 150 valence electrons. The van der Waals surface area contributed by atoms with Gasteiger partial charge >= 0.3 is 12.0 Å². The summed E-state index contributed by atoms with van der Waals surface area (Å²) in [5, 5.41) is 17.0. The maximum Gasteiger partial charge on any atom is 0.573 e. The average Bonchev–Trinajstić information content (AvgIpc) is 2.62. The highest BCUT2D eigenvalue weighted by Crippen LogP contribution is 2.33. The van der Waals surface area contributed by atoms with Crippen molar-refractivity contribution in [1.82, 2.24) is 15.0 Å². The first-order chi connectivity index (χ1) is 13.7. The fourth-order valence-electron chi connectivity index (χ4n) is 2.35. The van der Waals surface area contributed by atoms with Crippen LogP contribution in [0.15, 0.2) is 48.8 Å². The molecule has 0 saturated carbocycles. The Bertz CT molecular complexity index is 1030. The molecule has 0 saturated heterocycles. The van der Waals surface area contributed by atoms with Crippen molar-refractivity contribution in [3.63, 3.8) is 0 Å². The van der Waals surface area contributed by atoms with Crippen molar-refractivity contribution in [3.05, 3.63) is 64.6 Å². The molecule has 0 fully saturated rings. The molecule has 0 aliphatic carbocycles. The summed E-state index contributed by atoms with van der Waals surface area (Å²) in [5.41, 5.74) is 0.513. The Morgan fingerprint density at radius 1 is 1.03 bits per heavy atom. The molecule has 0 unspecified atom stereocenters. The van der Waals surface area contributed by atoms with E-state index >= 15 is 0 Å². The molecule has 0 aliphatic heterocycles. The number of anilines is 4. The number of halogens is 3. The zero-order valence-corrected chi connectivity index (χ0v) is 14.8. The van der Waals surface area contributed by atoms with Crippen LogP contribution < -0.4 is 15.4 Å². The van der Waals surface area contributed by atoms with Crippen molar-refractivity contribution < 1.29 is 22.8 Å². The van der Waals surface area contributed by atoms with Gasteiger partial charge in [0.25, 0.3) is 0 Å². The van der Waals surface area contributed by atoms with E-state index in [1.807, 2.05) is 0 Å². The minimum absolute atomic E-state index is 0.0948. The molecule has 0 spiro atoms. The maximum atomic E-state index is 12.2. The predicted octanol–water partition coefficient (Wildman–Crippen LogP) is 4.47. The highest BCUT2D eigenvalue weighted by Gasteiger charge is 2.31. The molecule has 0 atom stereocenters. The summed E-state index contributed by atoms with van der Waals surface area (Å²) >= 11 is 0. The fourth-order valence-corrected chi connectivity index (χ4v) is 2.35. The molecule has 9 nitrogen and oxygen atoms in total. The average molecular weight is 406 g/mol. The van der Waals surface area contributed by atoms with Crippen LogP contribution in [-0.2, 0) is 0 Å². The van der Waals surface area contributed by atoms with Crippen LogP contribution in [0, 0.1) is 17.0 Å². The Morgan fingerprint density at radius 2 is 1.69 bits per heavy atom. The molecule has 29 heavy (non-hydrogen) atoms. The SMILES string of the molecule is Cc1cccc(Nc2ncnc(Nc3ccc(OC(F)(F)F)cc3)c2[N+](=O)[O-])n1. The van der Waals surface area contributed by atoms with E-state index in [2.05, 4.69) is 30.3 Å². The first-order valence-corrected chi connectivity index (χ1v) is 8.04. The molecule has 0 amide bonds. The molecular formula is C17H13F3N6O3. The largest absolute Gasteiger partial charge is 0.573 e. The van der Waals surface area contributed by atoms with Gasteiger partial charge in [-0.2, -0.15) is 0 Å². The highest BCUT2D eigenvalue weighted by atomic mass is 19.4. The number of aromatic nitrogens is 3. The number of nitro groups is 1. The molecule has 2 N–H and O–H groups in total. The van der Waals surface area contributed by atoms with Crippen LogP contribution in [-0.4, -0.2) is 26.2 Å². The smallest absolute Gasteiger partial charge is 0.406 e. The quantitative estimate of drug-likeness (QED) is 0.455. The van der Waals surface area contributed by atoms with E-state index in [1.54, 1.807) is 25.1 Å². The normalized spacial score (nSPS) is 11.0. The van der Waals surface area contributed by atoms with Crippen LogP contribution in [0.2, 0.25) is 0 Å². The molecule has 0 bridgehead atoms. The Labute approximate surface area is 161 Å². The molecule has 2 heterocycles. The third kappa shape index (κ3) is 5.28. The summed E-state index contributed by atoms with van der Waals surface area (Å²) in [6, 6.07) is 9.77. The minimum atomic E-state index is -4.81. The second-order valence-corrected chi connectivity index (χ2v) is 5.66. The van der Waals surface area contributed by atoms with E-state index < -0.39 is 22.7 Å². The topological polar surface area (TPSA) is 115 Å². The molecule has 12 heteroatoms. The summed E-state index contributed by atoms with van der Waals surface area (Å²) in [6.07, 6.45) is -3.71. The van der Waals surface area contributed by atoms with Gasteiger partial charge in [0, 0.05) is 11.4 Å². The van der Waals surface area contributed by atoms with Crippen LogP contribution >= 0.6 is 0 Å². The van der Waals surface area contributed by atoms with Crippen molar-refractivity contribution in [2.45, 2.75) is 13.3 Å². The second kappa shape index (κ2) is 7.96. The van der Waals surface area contributed by atoms with Crippen molar-refractivity contribution >= 4 is 28.8 Å². The van der Waals surface area contributed by atoms with E-state index in [4.69, 9.17) is 0 Å². The first-order valence-electron chi connectivity index (χ1n) is 8.04. The van der Waals surface area contributed by atoms with Crippen LogP contribution in [0.4, 0.5) is 42.0 Å². The number of pyridine rings is 1. The molecule has 0 radical (unpaired) electrons. The number of aryl methyl sites for hydroxylation is 1. The third-order valence-electron chi connectivity index (χ3n) is 3.49. The lowest BCUT2D eigenvalue weighted by Gasteiger charge is -2.11. The van der Waals surface area contributed by atoms with Crippen LogP contribution in [0.3, 0.4) is 0 Å². The summed E-state index contributed by atoms with van der Waals surface area (Å²) in [4.78, 5) is 22.9. The Morgan fingerprint density at radius 3 is 2.28 bits per heavy atom. The van der Waals surface area contributed by atoms with E-state index in [0.717, 1.165) is 18.5 Å². The van der Waals surface area contributed by atoms with Gasteiger partial charge in [-0.1, -0.05) is 6.07 Å². The minimum Gasteiger partial charge on any atom is -0.406 e. The fraction of sp³-hybridized carbons (Fsp3) is 0.118. The first kappa shape index (κ1) is 19.8. The Hall–Kier alpha value is -3.96. The maximum absolute atomic E-state index is 12.2. The number of rotatable bonds is 6. The van der Waals surface area contributed by atoms with Gasteiger partial charge < -0.3 is 15.4 Å². The lowest BCUT2D eigenvalue weighted by Crippen LogP contribution is -2.17. The number of nitrogens with one attached hydrogen (secondary N) is 2. The molecular weight excluding hydrogens is 393 g/mol. The van der Waals surface area contributed by atoms with Gasteiger partial charge in [-0.25, -0.2) is 15.0 Å². The van der Waals surface area contributed by atoms with Gasteiger partial charge in [0.2, 0.25) is 11.6 Å². The summed E-state index contributed by atoms with van der Waals surface area (Å²) in [5.74, 6) is -0.313. The molecule has 0 aliphatic rings. The van der Waals surface area contributed by atoms with E-state index in [0.29, 0.717) is 11.5 Å². The zero-order valence-electron chi connectivity index (χ0n) is 14.8. The Kier molecular flexibility index (Phi) is 5.43. The number of benzene rings is 1. The van der Waals surface area contributed by atoms with E-state index in [1.165, 1.54) is 12.1 Å². The van der Waals surface area contributed by atoms with Crippen molar-refractivity contribution in [2.75, 3.05) is 10.6 Å². The number of alkyl halides is 3. The van der Waals surface area contributed by atoms with Gasteiger partial charge in [0.05, 0.1) is 4.92 Å². The van der Waals surface area contributed by atoms with Crippen molar-refractivity contribution in [1.29, 1.82) is 0 Å². The van der Waals surface area contributed by atoms with Crippen molar-refractivity contribution in [2.24, 2.45) is 0 Å². The molecule has 1 aromatic carbocycles. The van der Waals surface area contributed by atoms with E-state index in [9.17, 15) is 23.3 Å². The number of hydrogen-bond donors (Lipinski definition) is 2. The molecule has 2 aromatic heterocycles. The lowest BCUT2D eigenvalue weighted by atomic mass is 10.3. The van der Waals surface area contributed by atoms with Gasteiger partial charge in [-0.05, 0) is 43.3 Å². The molecule has 3 aromatic rings. The van der Waals surface area contributed by atoms with E-state index in [-0.39, 0.29) is 17.3 Å². The van der Waals surface area contributed by atoms with Crippen LogP contribution in [0.5, 0.6) is 5.75 Å². The van der Waals surface area contributed by atoms with Gasteiger partial charge in [-0.15, -0.1) is 13.2 Å². The summed E-state index contributed by atoms with van der Waals surface area (Å²) in [7, 11) is 0. The number of nitrogens with zero attached hydrogens (tertiary/aromatic N) is 4. The van der Waals surface area contributed by atoms with Crippen LogP contribution in [0.1, 0.15) is 5.69 Å². The zero-order chi connectivity index (χ0) is 21.0. The Balaban J connectivity index is 1.87. The number of ether oxygens (including phenoxy) is 1. The predicted molar refractivity (Wildman–Crippen MR) is 97.4 cm³/mol. The van der Waals surface area contributed by atoms with Gasteiger partial charge in [-0.3, -0.25) is 10.1 Å². The van der Waals surface area contributed by atoms with Crippen LogP contribution in [0.25, 0.3) is 0 Å². The monoisotopic (exact) mass is 406 g/mol. The summed E-state index contributed by atoms with van der Waals surface area (Å²) < 4.78 is 40.5. The molecule has 3 rings (SSSR count). The second-order valence-electron chi connectivity index (χ2n) is 5.66. The number of hydrogen-bond acceptors (Lipinski definition) is 8. The van der Waals surface area contributed by atoms with Gasteiger partial charge in [0.15, 0.2) is 0 Å². The van der Waals surface area contributed by atoms with Gasteiger partial charge in [0.1, 0.15) is 17.9 Å². The third-order valence-corrected chi connectivity index (χ3v) is 3.49. The van der Waals surface area contributed by atoms with Crippen molar-refractivity contribution in [3.8, 4) is 5.75 Å². The lowest BCUT2D eigenvalue weighted by molar-refractivity contribution is -0.383. The summed E-state index contributed by atoms with van der Waals surface area (Å²) in [6.45, 7) is 1.76. The standard InChI is InChI=1S/C17H13F3N6O3/c1-10-3-2-4-13(23-10)25-16-14(26(27)28)15(21-9-22-16)24-11-5-7-12(8-6-11)29-17(18,19)20/h2-9H,1H3,(H2,21,22,23,24,25). The highest BCUT2D eigenvalue weighted by molar-refractivity contribution is 5.76.